The highest BCUT2D eigenvalue weighted by Crippen LogP contribution is 2.19. The summed E-state index contributed by atoms with van der Waals surface area (Å²) in [5.74, 6) is -1.45. The van der Waals surface area contributed by atoms with Crippen molar-refractivity contribution >= 4 is 34.3 Å². The number of rotatable bonds is 4. The summed E-state index contributed by atoms with van der Waals surface area (Å²) < 4.78 is 10.5. The highest BCUT2D eigenvalue weighted by atomic mass is 35.5. The Kier molecular flexibility index (Phi) is 5.15. The third-order valence-electron chi connectivity index (χ3n) is 4.18. The molecule has 0 radical (unpaired) electrons. The van der Waals surface area contributed by atoms with E-state index in [1.165, 1.54) is 12.1 Å². The molecule has 3 rings (SSSR count). The van der Waals surface area contributed by atoms with E-state index in [9.17, 15) is 14.4 Å². The first-order valence-electron chi connectivity index (χ1n) is 8.28. The zero-order chi connectivity index (χ0) is 19.7. The predicted molar refractivity (Wildman–Crippen MR) is 103 cm³/mol. The molecule has 27 heavy (non-hydrogen) atoms. The number of benzene rings is 2. The van der Waals surface area contributed by atoms with E-state index in [0.717, 1.165) is 22.8 Å². The van der Waals surface area contributed by atoms with E-state index < -0.39 is 18.0 Å². The normalized spacial score (nSPS) is 10.8. The second-order valence-corrected chi connectivity index (χ2v) is 6.82. The molecule has 1 heterocycles. The molecule has 138 valence electrons. The highest BCUT2D eigenvalue weighted by Gasteiger charge is 2.18. The Bertz CT molecular complexity index is 1100. The van der Waals surface area contributed by atoms with E-state index in [1.54, 1.807) is 6.07 Å². The van der Waals surface area contributed by atoms with Crippen molar-refractivity contribution in [3.8, 4) is 0 Å². The lowest BCUT2D eigenvalue weighted by atomic mass is 9.97. The number of Topliss-reactive ketones (excluding diaryl/α,β-unsaturated/α-hetero) is 1. The molecule has 0 aliphatic carbocycles. The van der Waals surface area contributed by atoms with Gasteiger partial charge in [0, 0.05) is 16.7 Å². The molecule has 0 aliphatic rings. The fraction of sp³-hybridized carbons (Fsp3) is 0.190. The molecule has 0 spiro atoms. The van der Waals surface area contributed by atoms with Crippen LogP contribution in [0.25, 0.3) is 11.0 Å². The lowest BCUT2D eigenvalue weighted by Crippen LogP contribution is -2.17. The van der Waals surface area contributed by atoms with Crippen LogP contribution in [0.15, 0.2) is 45.6 Å². The van der Waals surface area contributed by atoms with Gasteiger partial charge in [0.05, 0.1) is 5.39 Å². The van der Waals surface area contributed by atoms with Crippen LogP contribution < -0.4 is 5.43 Å². The average Bonchev–Trinajstić information content (AvgIpc) is 2.59. The molecule has 2 aromatic carbocycles. The van der Waals surface area contributed by atoms with Crippen LogP contribution in [-0.4, -0.2) is 18.4 Å². The molecular weight excluding hydrogens is 368 g/mol. The zero-order valence-electron chi connectivity index (χ0n) is 15.1. The van der Waals surface area contributed by atoms with Gasteiger partial charge in [-0.15, -0.1) is 0 Å². The number of hydrogen-bond acceptors (Lipinski definition) is 5. The molecule has 0 saturated heterocycles. The number of ketones is 1. The number of carbonyl (C=O) groups excluding carboxylic acids is 2. The summed E-state index contributed by atoms with van der Waals surface area (Å²) in [5, 5.41) is 0.653. The average molecular weight is 385 g/mol. The first kappa shape index (κ1) is 18.9. The van der Waals surface area contributed by atoms with E-state index in [1.807, 2.05) is 32.9 Å². The number of ether oxygens (including phenoxy) is 1. The molecule has 0 fully saturated rings. The van der Waals surface area contributed by atoms with Gasteiger partial charge in [0.15, 0.2) is 12.0 Å². The first-order chi connectivity index (χ1) is 12.8. The van der Waals surface area contributed by atoms with Gasteiger partial charge >= 0.3 is 5.97 Å². The lowest BCUT2D eigenvalue weighted by molar-refractivity contribution is 0.0444. The van der Waals surface area contributed by atoms with Crippen LogP contribution in [-0.2, 0) is 4.74 Å². The Morgan fingerprint density at radius 2 is 1.70 bits per heavy atom. The van der Waals surface area contributed by atoms with Crippen molar-refractivity contribution in [2.75, 3.05) is 6.61 Å². The standard InChI is InChI=1S/C21H17ClO5/c1-11-6-12(2)20(13(3)7-11)17(24)10-26-21(25)19-9-16(23)15-8-14(22)4-5-18(15)27-19/h4-9H,10H2,1-3H3. The van der Waals surface area contributed by atoms with Crippen LogP contribution in [0.5, 0.6) is 0 Å². The number of fused-ring (bicyclic) bond motifs is 1. The number of hydrogen-bond donors (Lipinski definition) is 0. The topological polar surface area (TPSA) is 73.6 Å². The number of carbonyl (C=O) groups is 2. The smallest absolute Gasteiger partial charge is 0.374 e. The lowest BCUT2D eigenvalue weighted by Gasteiger charge is -2.10. The van der Waals surface area contributed by atoms with Crippen molar-refractivity contribution in [1.82, 2.24) is 0 Å². The summed E-state index contributed by atoms with van der Waals surface area (Å²) >= 11 is 5.86. The van der Waals surface area contributed by atoms with Crippen LogP contribution in [0.3, 0.4) is 0 Å². The molecule has 0 N–H and O–H groups in total. The monoisotopic (exact) mass is 384 g/mol. The molecule has 5 nitrogen and oxygen atoms in total. The van der Waals surface area contributed by atoms with Crippen molar-refractivity contribution in [3.05, 3.63) is 79.7 Å². The summed E-state index contributed by atoms with van der Waals surface area (Å²) in [6, 6.07) is 9.34. The molecule has 1 aromatic heterocycles. The van der Waals surface area contributed by atoms with Crippen molar-refractivity contribution in [2.45, 2.75) is 20.8 Å². The van der Waals surface area contributed by atoms with E-state index >= 15 is 0 Å². The first-order valence-corrected chi connectivity index (χ1v) is 8.65. The Morgan fingerprint density at radius 1 is 1.04 bits per heavy atom. The van der Waals surface area contributed by atoms with Gasteiger partial charge < -0.3 is 9.15 Å². The molecular formula is C21H17ClO5. The summed E-state index contributed by atoms with van der Waals surface area (Å²) in [6.07, 6.45) is 0. The number of halogens is 1. The third kappa shape index (κ3) is 3.93. The molecule has 0 amide bonds. The van der Waals surface area contributed by atoms with Crippen LogP contribution in [0, 0.1) is 20.8 Å². The molecule has 0 unspecified atom stereocenters. The minimum Gasteiger partial charge on any atom is -0.451 e. The molecule has 6 heteroatoms. The maximum Gasteiger partial charge on any atom is 0.374 e. The van der Waals surface area contributed by atoms with Gasteiger partial charge in [-0.2, -0.15) is 0 Å². The number of aryl methyl sites for hydroxylation is 3. The van der Waals surface area contributed by atoms with Crippen LogP contribution in [0.4, 0.5) is 0 Å². The quantitative estimate of drug-likeness (QED) is 0.492. The molecule has 3 aromatic rings. The van der Waals surface area contributed by atoms with Crippen molar-refractivity contribution < 1.29 is 18.7 Å². The fourth-order valence-electron chi connectivity index (χ4n) is 3.12. The van der Waals surface area contributed by atoms with Crippen LogP contribution in [0.2, 0.25) is 5.02 Å². The SMILES string of the molecule is Cc1cc(C)c(C(=O)COC(=O)c2cc(=O)c3cc(Cl)ccc3o2)c(C)c1. The maximum atomic E-state index is 12.5. The molecule has 0 bridgehead atoms. The Morgan fingerprint density at radius 3 is 2.37 bits per heavy atom. The van der Waals surface area contributed by atoms with E-state index in [2.05, 4.69) is 0 Å². The Balaban J connectivity index is 1.80. The van der Waals surface area contributed by atoms with Crippen LogP contribution in [0.1, 0.15) is 37.6 Å². The largest absolute Gasteiger partial charge is 0.451 e. The second kappa shape index (κ2) is 7.37. The number of esters is 1. The van der Waals surface area contributed by atoms with E-state index in [0.29, 0.717) is 10.6 Å². The van der Waals surface area contributed by atoms with Gasteiger partial charge in [0.1, 0.15) is 5.58 Å². The third-order valence-corrected chi connectivity index (χ3v) is 4.42. The summed E-state index contributed by atoms with van der Waals surface area (Å²) in [4.78, 5) is 36.8. The van der Waals surface area contributed by atoms with Gasteiger partial charge in [0.2, 0.25) is 11.5 Å². The summed E-state index contributed by atoms with van der Waals surface area (Å²) in [5.41, 5.74) is 3.03. The van der Waals surface area contributed by atoms with Gasteiger partial charge in [-0.3, -0.25) is 9.59 Å². The van der Waals surface area contributed by atoms with Gasteiger partial charge in [-0.05, 0) is 50.1 Å². The van der Waals surface area contributed by atoms with Crippen molar-refractivity contribution in [3.63, 3.8) is 0 Å². The van der Waals surface area contributed by atoms with Crippen molar-refractivity contribution in [1.29, 1.82) is 0 Å². The van der Waals surface area contributed by atoms with Crippen molar-refractivity contribution in [2.24, 2.45) is 0 Å². The second-order valence-electron chi connectivity index (χ2n) is 6.39. The Hall–Kier alpha value is -2.92. The predicted octanol–water partition coefficient (Wildman–Crippen LogP) is 4.41. The molecule has 0 saturated carbocycles. The van der Waals surface area contributed by atoms with Crippen LogP contribution >= 0.6 is 11.6 Å². The summed E-state index contributed by atoms with van der Waals surface area (Å²) in [7, 11) is 0. The van der Waals surface area contributed by atoms with Gasteiger partial charge in [-0.1, -0.05) is 29.3 Å². The minimum atomic E-state index is -0.875. The fourth-order valence-corrected chi connectivity index (χ4v) is 3.30. The van der Waals surface area contributed by atoms with Gasteiger partial charge in [-0.25, -0.2) is 4.79 Å². The zero-order valence-corrected chi connectivity index (χ0v) is 15.8. The maximum absolute atomic E-state index is 12.5. The highest BCUT2D eigenvalue weighted by molar-refractivity contribution is 6.31. The molecule has 0 atom stereocenters. The Labute approximate surface area is 160 Å². The molecule has 0 aliphatic heterocycles. The van der Waals surface area contributed by atoms with E-state index in [-0.39, 0.29) is 22.5 Å². The van der Waals surface area contributed by atoms with E-state index in [4.69, 9.17) is 20.8 Å². The summed E-state index contributed by atoms with van der Waals surface area (Å²) in [6.45, 7) is 5.18. The van der Waals surface area contributed by atoms with Gasteiger partial charge in [0.25, 0.3) is 0 Å². The minimum absolute atomic E-state index is 0.218.